The van der Waals surface area contributed by atoms with Gasteiger partial charge in [0.2, 0.25) is 0 Å². The highest BCUT2D eigenvalue weighted by atomic mass is 19.1. The fourth-order valence-electron chi connectivity index (χ4n) is 1.61. The maximum Gasteiger partial charge on any atom is 0.334 e. The third-order valence-electron chi connectivity index (χ3n) is 2.79. The average molecular weight is 271 g/mol. The second-order valence-electron chi connectivity index (χ2n) is 4.24. The molecule has 102 valence electrons. The third kappa shape index (κ3) is 3.41. The van der Waals surface area contributed by atoms with Gasteiger partial charge in [0.25, 0.3) is 0 Å². The maximum absolute atomic E-state index is 12.8. The Hall–Kier alpha value is -2.69. The lowest BCUT2D eigenvalue weighted by molar-refractivity contribution is 0.220. The summed E-state index contributed by atoms with van der Waals surface area (Å²) in [6.07, 6.45) is 1.54. The molecule has 0 heterocycles. The zero-order valence-electron chi connectivity index (χ0n) is 11.0. The predicted octanol–water partition coefficient (Wildman–Crippen LogP) is 2.84. The summed E-state index contributed by atoms with van der Waals surface area (Å²) >= 11 is 0. The van der Waals surface area contributed by atoms with Crippen molar-refractivity contribution < 1.29 is 9.18 Å². The van der Waals surface area contributed by atoms with E-state index in [4.69, 9.17) is 5.73 Å². The van der Waals surface area contributed by atoms with Crippen molar-refractivity contribution in [2.45, 2.75) is 0 Å². The van der Waals surface area contributed by atoms with Gasteiger partial charge in [0.1, 0.15) is 5.82 Å². The fourth-order valence-corrected chi connectivity index (χ4v) is 1.61. The lowest BCUT2D eigenvalue weighted by Crippen LogP contribution is -2.27. The van der Waals surface area contributed by atoms with Gasteiger partial charge >= 0.3 is 6.03 Å². The first kappa shape index (κ1) is 13.7. The average Bonchev–Trinajstić information content (AvgIpc) is 2.46. The molecule has 0 aliphatic rings. The molecule has 0 spiro atoms. The quantitative estimate of drug-likeness (QED) is 0.677. The van der Waals surface area contributed by atoms with E-state index in [-0.39, 0.29) is 5.82 Å². The smallest absolute Gasteiger partial charge is 0.334 e. The molecular formula is C15H14FN3O. The topological polar surface area (TPSA) is 58.7 Å². The first-order valence-electron chi connectivity index (χ1n) is 5.99. The van der Waals surface area contributed by atoms with Gasteiger partial charge in [0.15, 0.2) is 0 Å². The number of nitrogens with zero attached hydrogens (tertiary/aromatic N) is 2. The third-order valence-corrected chi connectivity index (χ3v) is 2.79. The Kier molecular flexibility index (Phi) is 4.10. The molecule has 0 fully saturated rings. The van der Waals surface area contributed by atoms with Crippen LogP contribution in [-0.2, 0) is 0 Å². The summed E-state index contributed by atoms with van der Waals surface area (Å²) in [6, 6.07) is 13.2. The molecular weight excluding hydrogens is 257 g/mol. The number of hydrogen-bond donors (Lipinski definition) is 1. The van der Waals surface area contributed by atoms with Gasteiger partial charge in [-0.25, -0.2) is 14.2 Å². The first-order chi connectivity index (χ1) is 9.56. The fraction of sp³-hybridized carbons (Fsp3) is 0.0667. The molecule has 2 rings (SSSR count). The summed E-state index contributed by atoms with van der Waals surface area (Å²) in [4.78, 5) is 10.8. The van der Waals surface area contributed by atoms with Crippen LogP contribution in [0.4, 0.5) is 9.18 Å². The normalized spacial score (nSPS) is 10.7. The van der Waals surface area contributed by atoms with Crippen LogP contribution < -0.4 is 5.73 Å². The highest BCUT2D eigenvalue weighted by molar-refractivity contribution is 5.82. The Morgan fingerprint density at radius 2 is 1.60 bits per heavy atom. The van der Waals surface area contributed by atoms with E-state index in [1.165, 1.54) is 19.2 Å². The number of hydrogen-bond acceptors (Lipinski definition) is 2. The lowest BCUT2D eigenvalue weighted by atomic mass is 10.0. The van der Waals surface area contributed by atoms with Crippen molar-refractivity contribution in [3.63, 3.8) is 0 Å². The van der Waals surface area contributed by atoms with Gasteiger partial charge in [0.05, 0.1) is 6.21 Å². The molecule has 2 amide bonds. The predicted molar refractivity (Wildman–Crippen MR) is 76.8 cm³/mol. The molecule has 0 unspecified atom stereocenters. The van der Waals surface area contributed by atoms with Gasteiger partial charge < -0.3 is 5.73 Å². The van der Waals surface area contributed by atoms with Crippen LogP contribution in [0.2, 0.25) is 0 Å². The van der Waals surface area contributed by atoms with Crippen LogP contribution in [0.5, 0.6) is 0 Å². The standard InChI is InChI=1S/C15H14FN3O/c1-19(15(17)20)18-10-11-2-4-12(5-3-11)13-6-8-14(16)9-7-13/h2-10H,1H3,(H2,17,20). The molecule has 20 heavy (non-hydrogen) atoms. The molecule has 2 aromatic rings. The van der Waals surface area contributed by atoms with Gasteiger partial charge in [-0.2, -0.15) is 5.10 Å². The van der Waals surface area contributed by atoms with Crippen LogP contribution in [0, 0.1) is 5.82 Å². The summed E-state index contributed by atoms with van der Waals surface area (Å²) in [6.45, 7) is 0. The molecule has 2 N–H and O–H groups in total. The molecule has 0 atom stereocenters. The molecule has 0 saturated carbocycles. The van der Waals surface area contributed by atoms with Crippen molar-refractivity contribution in [3.05, 3.63) is 59.9 Å². The van der Waals surface area contributed by atoms with Gasteiger partial charge in [-0.1, -0.05) is 36.4 Å². The summed E-state index contributed by atoms with van der Waals surface area (Å²) in [7, 11) is 1.48. The van der Waals surface area contributed by atoms with Crippen LogP contribution >= 0.6 is 0 Å². The van der Waals surface area contributed by atoms with E-state index in [1.54, 1.807) is 18.3 Å². The van der Waals surface area contributed by atoms with Crippen LogP contribution in [0.1, 0.15) is 5.56 Å². The Morgan fingerprint density at radius 1 is 1.10 bits per heavy atom. The number of carbonyl (C=O) groups excluding carboxylic acids is 1. The van der Waals surface area contributed by atoms with Gasteiger partial charge in [-0.05, 0) is 28.8 Å². The summed E-state index contributed by atoms with van der Waals surface area (Å²) < 4.78 is 12.8. The number of amides is 2. The van der Waals surface area contributed by atoms with Crippen molar-refractivity contribution in [1.29, 1.82) is 0 Å². The molecule has 0 aliphatic heterocycles. The lowest BCUT2D eigenvalue weighted by Gasteiger charge is -2.06. The number of halogens is 1. The van der Waals surface area contributed by atoms with E-state index in [1.807, 2.05) is 24.3 Å². The Balaban J connectivity index is 2.14. The van der Waals surface area contributed by atoms with E-state index >= 15 is 0 Å². The SMILES string of the molecule is CN(N=Cc1ccc(-c2ccc(F)cc2)cc1)C(N)=O. The molecule has 0 bridgehead atoms. The van der Waals surface area contributed by atoms with E-state index in [0.29, 0.717) is 0 Å². The number of nitrogens with two attached hydrogens (primary N) is 1. The van der Waals surface area contributed by atoms with Gasteiger partial charge in [-0.15, -0.1) is 0 Å². The molecule has 0 saturated heterocycles. The summed E-state index contributed by atoms with van der Waals surface area (Å²) in [5, 5.41) is 4.94. The van der Waals surface area contributed by atoms with Crippen LogP contribution in [0.25, 0.3) is 11.1 Å². The molecule has 0 aromatic heterocycles. The Morgan fingerprint density at radius 3 is 2.10 bits per heavy atom. The van der Waals surface area contributed by atoms with Crippen LogP contribution in [-0.4, -0.2) is 24.3 Å². The van der Waals surface area contributed by atoms with Crippen LogP contribution in [0.15, 0.2) is 53.6 Å². The minimum atomic E-state index is -0.621. The minimum Gasteiger partial charge on any atom is -0.350 e. The second-order valence-corrected chi connectivity index (χ2v) is 4.24. The molecule has 2 aromatic carbocycles. The number of hydrazone groups is 1. The maximum atomic E-state index is 12.8. The largest absolute Gasteiger partial charge is 0.350 e. The first-order valence-corrected chi connectivity index (χ1v) is 5.99. The number of carbonyl (C=O) groups is 1. The van der Waals surface area contributed by atoms with Crippen molar-refractivity contribution in [2.75, 3.05) is 7.05 Å². The second kappa shape index (κ2) is 5.97. The molecule has 0 aliphatic carbocycles. The van der Waals surface area contributed by atoms with Crippen molar-refractivity contribution in [1.82, 2.24) is 5.01 Å². The van der Waals surface area contributed by atoms with Crippen molar-refractivity contribution >= 4 is 12.2 Å². The number of rotatable bonds is 3. The van der Waals surface area contributed by atoms with E-state index < -0.39 is 6.03 Å². The van der Waals surface area contributed by atoms with Crippen LogP contribution in [0.3, 0.4) is 0 Å². The molecule has 0 radical (unpaired) electrons. The summed E-state index contributed by atoms with van der Waals surface area (Å²) in [5.41, 5.74) is 7.80. The number of benzene rings is 2. The molecule has 4 nitrogen and oxygen atoms in total. The molecule has 5 heteroatoms. The summed E-state index contributed by atoms with van der Waals surface area (Å²) in [5.74, 6) is -0.257. The van der Waals surface area contributed by atoms with E-state index in [9.17, 15) is 9.18 Å². The van der Waals surface area contributed by atoms with E-state index in [0.717, 1.165) is 21.7 Å². The monoisotopic (exact) mass is 271 g/mol. The highest BCUT2D eigenvalue weighted by Gasteiger charge is 2.00. The highest BCUT2D eigenvalue weighted by Crippen LogP contribution is 2.19. The van der Waals surface area contributed by atoms with Crippen molar-refractivity contribution in [2.24, 2.45) is 10.8 Å². The van der Waals surface area contributed by atoms with Gasteiger partial charge in [-0.3, -0.25) is 0 Å². The Labute approximate surface area is 116 Å². The number of urea groups is 1. The zero-order valence-corrected chi connectivity index (χ0v) is 11.0. The van der Waals surface area contributed by atoms with Gasteiger partial charge in [0, 0.05) is 7.05 Å². The van der Waals surface area contributed by atoms with Crippen molar-refractivity contribution in [3.8, 4) is 11.1 Å². The van der Waals surface area contributed by atoms with E-state index in [2.05, 4.69) is 5.10 Å². The number of primary amides is 1. The minimum absolute atomic E-state index is 0.257. The Bertz CT molecular complexity index is 621. The zero-order chi connectivity index (χ0) is 14.5.